The second kappa shape index (κ2) is 7.25. The van der Waals surface area contributed by atoms with Gasteiger partial charge in [0.05, 0.1) is 13.2 Å². The van der Waals surface area contributed by atoms with E-state index in [2.05, 4.69) is 15.3 Å². The maximum absolute atomic E-state index is 6.03. The lowest BCUT2D eigenvalue weighted by Crippen LogP contribution is -2.15. The Hall–Kier alpha value is -1.60. The first-order chi connectivity index (χ1) is 9.76. The van der Waals surface area contributed by atoms with E-state index < -0.39 is 0 Å². The molecule has 0 aliphatic carbocycles. The van der Waals surface area contributed by atoms with Crippen LogP contribution in [0.25, 0.3) is 0 Å². The van der Waals surface area contributed by atoms with E-state index in [1.807, 2.05) is 6.92 Å². The highest BCUT2D eigenvalue weighted by molar-refractivity contribution is 5.67. The molecule has 1 unspecified atom stereocenters. The fourth-order valence-electron chi connectivity index (χ4n) is 2.04. The average Bonchev–Trinajstić information content (AvgIpc) is 2.97. The second-order valence-corrected chi connectivity index (χ2v) is 4.50. The van der Waals surface area contributed by atoms with Gasteiger partial charge in [-0.3, -0.25) is 0 Å². The van der Waals surface area contributed by atoms with Crippen LogP contribution in [0.3, 0.4) is 0 Å². The van der Waals surface area contributed by atoms with Crippen molar-refractivity contribution in [1.82, 2.24) is 9.97 Å². The summed E-state index contributed by atoms with van der Waals surface area (Å²) in [6, 6.07) is 0. The highest BCUT2D eigenvalue weighted by Gasteiger charge is 2.23. The number of nitrogens with zero attached hydrogens (tertiary/aromatic N) is 2. The molecule has 20 heavy (non-hydrogen) atoms. The van der Waals surface area contributed by atoms with Crippen molar-refractivity contribution in [3.8, 4) is 5.88 Å². The smallest absolute Gasteiger partial charge is 0.242 e. The minimum atomic E-state index is -0.0715. The van der Waals surface area contributed by atoms with Crippen molar-refractivity contribution >= 4 is 11.5 Å². The van der Waals surface area contributed by atoms with Gasteiger partial charge in [-0.2, -0.15) is 4.98 Å². The first-order valence-electron chi connectivity index (χ1n) is 6.90. The van der Waals surface area contributed by atoms with Crippen molar-refractivity contribution in [3.63, 3.8) is 0 Å². The van der Waals surface area contributed by atoms with E-state index in [-0.39, 0.29) is 6.10 Å². The number of hydrogen-bond donors (Lipinski definition) is 2. The molecule has 7 heteroatoms. The first kappa shape index (κ1) is 14.8. The fraction of sp³-hybridized carbons (Fsp3) is 0.692. The third-order valence-electron chi connectivity index (χ3n) is 3.03. The Morgan fingerprint density at radius 2 is 2.30 bits per heavy atom. The Labute approximate surface area is 118 Å². The van der Waals surface area contributed by atoms with Gasteiger partial charge in [0.2, 0.25) is 5.88 Å². The van der Waals surface area contributed by atoms with Crippen LogP contribution in [-0.2, 0) is 9.47 Å². The van der Waals surface area contributed by atoms with Crippen LogP contribution < -0.4 is 15.8 Å². The van der Waals surface area contributed by atoms with E-state index in [4.69, 9.17) is 19.9 Å². The Kier molecular flexibility index (Phi) is 5.37. The zero-order valence-electron chi connectivity index (χ0n) is 12.0. The van der Waals surface area contributed by atoms with E-state index in [1.165, 1.54) is 0 Å². The van der Waals surface area contributed by atoms with Gasteiger partial charge in [-0.15, -0.1) is 0 Å². The maximum Gasteiger partial charge on any atom is 0.242 e. The molecule has 0 radical (unpaired) electrons. The van der Waals surface area contributed by atoms with Gasteiger partial charge in [-0.25, -0.2) is 4.98 Å². The second-order valence-electron chi connectivity index (χ2n) is 4.50. The highest BCUT2D eigenvalue weighted by Crippen LogP contribution is 2.32. The molecule has 1 aromatic rings. The van der Waals surface area contributed by atoms with Gasteiger partial charge < -0.3 is 25.3 Å². The number of methoxy groups -OCH3 is 1. The summed E-state index contributed by atoms with van der Waals surface area (Å²) in [5.74, 6) is 1.61. The Morgan fingerprint density at radius 3 is 2.95 bits per heavy atom. The number of hydrogen-bond acceptors (Lipinski definition) is 7. The molecule has 1 aromatic heterocycles. The van der Waals surface area contributed by atoms with Gasteiger partial charge in [0.15, 0.2) is 11.6 Å². The summed E-state index contributed by atoms with van der Waals surface area (Å²) in [7, 11) is 1.65. The highest BCUT2D eigenvalue weighted by atomic mass is 16.5. The van der Waals surface area contributed by atoms with Crippen LogP contribution in [0.2, 0.25) is 0 Å². The Balaban J connectivity index is 2.22. The fourth-order valence-corrected chi connectivity index (χ4v) is 2.04. The maximum atomic E-state index is 6.03. The molecule has 1 atom stereocenters. The molecule has 3 N–H and O–H groups in total. The van der Waals surface area contributed by atoms with E-state index >= 15 is 0 Å². The average molecular weight is 282 g/mol. The standard InChI is InChI=1S/C13H22N4O3/c1-3-19-13-10(14)12(15-6-8-18-2)16-11(17-13)9-5-4-7-20-9/h9H,3-8,14H2,1-2H3,(H,15,16,17). The van der Waals surface area contributed by atoms with Crippen molar-refractivity contribution in [2.75, 3.05) is 44.5 Å². The first-order valence-corrected chi connectivity index (χ1v) is 6.90. The van der Waals surface area contributed by atoms with Crippen LogP contribution in [0.5, 0.6) is 5.88 Å². The van der Waals surface area contributed by atoms with E-state index in [0.29, 0.717) is 43.0 Å². The van der Waals surface area contributed by atoms with Gasteiger partial charge in [0, 0.05) is 20.3 Å². The minimum Gasteiger partial charge on any atom is -0.476 e. The zero-order chi connectivity index (χ0) is 14.4. The van der Waals surface area contributed by atoms with Gasteiger partial charge in [-0.05, 0) is 19.8 Å². The quantitative estimate of drug-likeness (QED) is 0.730. The van der Waals surface area contributed by atoms with Gasteiger partial charge in [-0.1, -0.05) is 0 Å². The number of rotatable bonds is 7. The number of nitrogens with two attached hydrogens (primary N) is 1. The molecule has 0 aromatic carbocycles. The molecule has 0 amide bonds. The molecular formula is C13H22N4O3. The molecule has 1 aliphatic rings. The molecule has 1 aliphatic heterocycles. The molecule has 7 nitrogen and oxygen atoms in total. The predicted molar refractivity (Wildman–Crippen MR) is 75.9 cm³/mol. The molecule has 112 valence electrons. The summed E-state index contributed by atoms with van der Waals surface area (Å²) < 4.78 is 16.1. The SMILES string of the molecule is CCOc1nc(C2CCCO2)nc(NCCOC)c1N. The molecule has 1 saturated heterocycles. The van der Waals surface area contributed by atoms with Crippen molar-refractivity contribution in [1.29, 1.82) is 0 Å². The van der Waals surface area contributed by atoms with Crippen molar-refractivity contribution in [3.05, 3.63) is 5.82 Å². The topological polar surface area (TPSA) is 91.5 Å². The van der Waals surface area contributed by atoms with E-state index in [0.717, 1.165) is 19.4 Å². The summed E-state index contributed by atoms with van der Waals surface area (Å²) in [4.78, 5) is 8.84. The van der Waals surface area contributed by atoms with Crippen LogP contribution in [0.4, 0.5) is 11.5 Å². The van der Waals surface area contributed by atoms with Crippen LogP contribution >= 0.6 is 0 Å². The van der Waals surface area contributed by atoms with Crippen LogP contribution in [0.1, 0.15) is 31.7 Å². The number of ether oxygens (including phenoxy) is 3. The Morgan fingerprint density at radius 1 is 1.45 bits per heavy atom. The zero-order valence-corrected chi connectivity index (χ0v) is 12.0. The third kappa shape index (κ3) is 3.49. The third-order valence-corrected chi connectivity index (χ3v) is 3.03. The van der Waals surface area contributed by atoms with Gasteiger partial charge in [0.25, 0.3) is 0 Å². The molecule has 0 spiro atoms. The number of anilines is 2. The number of aromatic nitrogens is 2. The largest absolute Gasteiger partial charge is 0.476 e. The molecule has 0 bridgehead atoms. The Bertz CT molecular complexity index is 436. The predicted octanol–water partition coefficient (Wildman–Crippen LogP) is 1.37. The monoisotopic (exact) mass is 282 g/mol. The lowest BCUT2D eigenvalue weighted by molar-refractivity contribution is 0.104. The summed E-state index contributed by atoms with van der Waals surface area (Å²) >= 11 is 0. The molecule has 1 fully saturated rings. The molecule has 2 heterocycles. The van der Waals surface area contributed by atoms with Crippen LogP contribution in [0, 0.1) is 0 Å². The van der Waals surface area contributed by atoms with Crippen molar-refractivity contribution in [2.24, 2.45) is 0 Å². The lowest BCUT2D eigenvalue weighted by atomic mass is 10.2. The molecule has 2 rings (SSSR count). The van der Waals surface area contributed by atoms with Gasteiger partial charge >= 0.3 is 0 Å². The van der Waals surface area contributed by atoms with Crippen molar-refractivity contribution < 1.29 is 14.2 Å². The summed E-state index contributed by atoms with van der Waals surface area (Å²) in [5, 5.41) is 3.14. The van der Waals surface area contributed by atoms with Crippen LogP contribution in [-0.4, -0.2) is 43.4 Å². The molecular weight excluding hydrogens is 260 g/mol. The number of nitrogen functional groups attached to an aromatic ring is 1. The number of nitrogens with one attached hydrogen (secondary N) is 1. The van der Waals surface area contributed by atoms with Crippen LogP contribution in [0.15, 0.2) is 0 Å². The summed E-state index contributed by atoms with van der Waals surface area (Å²) in [6.07, 6.45) is 1.87. The summed E-state index contributed by atoms with van der Waals surface area (Å²) in [6.45, 7) is 4.33. The van der Waals surface area contributed by atoms with E-state index in [9.17, 15) is 0 Å². The van der Waals surface area contributed by atoms with E-state index in [1.54, 1.807) is 7.11 Å². The lowest BCUT2D eigenvalue weighted by Gasteiger charge is -2.15. The van der Waals surface area contributed by atoms with Crippen molar-refractivity contribution in [2.45, 2.75) is 25.9 Å². The molecule has 0 saturated carbocycles. The minimum absolute atomic E-state index is 0.0715. The normalized spacial score (nSPS) is 18.2. The summed E-state index contributed by atoms with van der Waals surface area (Å²) in [5.41, 5.74) is 6.45. The van der Waals surface area contributed by atoms with Gasteiger partial charge in [0.1, 0.15) is 11.8 Å².